The van der Waals surface area contributed by atoms with Gasteiger partial charge in [0, 0.05) is 11.6 Å². The quantitative estimate of drug-likeness (QED) is 0.653. The molecule has 0 aliphatic heterocycles. The fourth-order valence-corrected chi connectivity index (χ4v) is 2.27. The van der Waals surface area contributed by atoms with Crippen molar-refractivity contribution in [3.05, 3.63) is 30.2 Å². The summed E-state index contributed by atoms with van der Waals surface area (Å²) < 4.78 is 1.37. The molecule has 0 atom stereocenters. The van der Waals surface area contributed by atoms with Crippen LogP contribution in [0.1, 0.15) is 19.7 Å². The molecule has 130 valence electrons. The minimum absolute atomic E-state index is 0.00934. The van der Waals surface area contributed by atoms with Gasteiger partial charge in [0.2, 0.25) is 11.8 Å². The first kappa shape index (κ1) is 16.6. The van der Waals surface area contributed by atoms with Gasteiger partial charge in [0.1, 0.15) is 12.4 Å². The van der Waals surface area contributed by atoms with E-state index >= 15 is 0 Å². The van der Waals surface area contributed by atoms with Crippen LogP contribution in [0.3, 0.4) is 0 Å². The van der Waals surface area contributed by atoms with Crippen molar-refractivity contribution in [2.75, 3.05) is 10.6 Å². The van der Waals surface area contributed by atoms with Gasteiger partial charge in [0.05, 0.1) is 17.2 Å². The summed E-state index contributed by atoms with van der Waals surface area (Å²) in [5, 5.41) is 13.1. The minimum atomic E-state index is -0.248. The molecular weight excluding hydrogens is 322 g/mol. The fourth-order valence-electron chi connectivity index (χ4n) is 2.27. The third-order valence-corrected chi connectivity index (χ3v) is 3.50. The summed E-state index contributed by atoms with van der Waals surface area (Å²) >= 11 is 0. The molecule has 1 aromatic carbocycles. The van der Waals surface area contributed by atoms with Crippen molar-refractivity contribution in [1.29, 1.82) is 0 Å². The molecule has 2 heterocycles. The molecule has 0 saturated carbocycles. The molecule has 9 nitrogen and oxygen atoms in total. The molecule has 0 aliphatic carbocycles. The van der Waals surface area contributed by atoms with Gasteiger partial charge >= 0.3 is 0 Å². The van der Waals surface area contributed by atoms with Crippen molar-refractivity contribution < 1.29 is 9.59 Å². The maximum Gasteiger partial charge on any atom is 0.246 e. The number of carbonyl (C=O) groups excluding carboxylic acids is 2. The number of hydrogen-bond acceptors (Lipinski definition) is 5. The molecule has 3 rings (SSSR count). The summed E-state index contributed by atoms with van der Waals surface area (Å²) in [4.78, 5) is 31.2. The van der Waals surface area contributed by atoms with Crippen molar-refractivity contribution in [2.24, 2.45) is 5.92 Å². The SMILES string of the molecule is Cc1nc2ccc(NC(=O)Cn3cc(NC(=O)C(C)C)nn3)cc2[nH]1. The topological polar surface area (TPSA) is 118 Å². The largest absolute Gasteiger partial charge is 0.342 e. The molecule has 9 heteroatoms. The number of nitrogens with zero attached hydrogens (tertiary/aromatic N) is 4. The Kier molecular flexibility index (Phi) is 4.46. The molecular formula is C16H19N7O2. The molecule has 0 unspecified atom stereocenters. The zero-order valence-corrected chi connectivity index (χ0v) is 14.2. The van der Waals surface area contributed by atoms with E-state index in [1.807, 2.05) is 19.1 Å². The summed E-state index contributed by atoms with van der Waals surface area (Å²) in [5.41, 5.74) is 2.36. The van der Waals surface area contributed by atoms with Crippen LogP contribution >= 0.6 is 0 Å². The van der Waals surface area contributed by atoms with Gasteiger partial charge < -0.3 is 15.6 Å². The maximum absolute atomic E-state index is 12.1. The smallest absolute Gasteiger partial charge is 0.246 e. The molecule has 0 spiro atoms. The van der Waals surface area contributed by atoms with E-state index in [1.165, 1.54) is 10.9 Å². The second-order valence-corrected chi connectivity index (χ2v) is 6.05. The second kappa shape index (κ2) is 6.71. The molecule has 0 saturated heterocycles. The van der Waals surface area contributed by atoms with Crippen LogP contribution < -0.4 is 10.6 Å². The molecule has 25 heavy (non-hydrogen) atoms. The third-order valence-electron chi connectivity index (χ3n) is 3.50. The van der Waals surface area contributed by atoms with E-state index in [1.54, 1.807) is 19.9 Å². The number of anilines is 2. The summed E-state index contributed by atoms with van der Waals surface area (Å²) in [6.45, 7) is 5.43. The van der Waals surface area contributed by atoms with Crippen LogP contribution in [-0.2, 0) is 16.1 Å². The fraction of sp³-hybridized carbons (Fsp3) is 0.312. The number of nitrogens with one attached hydrogen (secondary N) is 3. The molecule has 0 fully saturated rings. The highest BCUT2D eigenvalue weighted by atomic mass is 16.2. The zero-order valence-electron chi connectivity index (χ0n) is 14.2. The predicted octanol–water partition coefficient (Wildman–Crippen LogP) is 1.70. The lowest BCUT2D eigenvalue weighted by atomic mass is 10.2. The number of aromatic amines is 1. The van der Waals surface area contributed by atoms with Crippen LogP contribution in [0.2, 0.25) is 0 Å². The van der Waals surface area contributed by atoms with Crippen molar-refractivity contribution in [2.45, 2.75) is 27.3 Å². The summed E-state index contributed by atoms with van der Waals surface area (Å²) in [6, 6.07) is 5.45. The van der Waals surface area contributed by atoms with Crippen LogP contribution in [0.4, 0.5) is 11.5 Å². The van der Waals surface area contributed by atoms with Crippen LogP contribution in [0.15, 0.2) is 24.4 Å². The number of carbonyl (C=O) groups is 2. The Labute approximate surface area is 143 Å². The van der Waals surface area contributed by atoms with Crippen LogP contribution in [0.5, 0.6) is 0 Å². The highest BCUT2D eigenvalue weighted by molar-refractivity contribution is 5.93. The Morgan fingerprint density at radius 2 is 2.08 bits per heavy atom. The van der Waals surface area contributed by atoms with E-state index in [-0.39, 0.29) is 24.3 Å². The highest BCUT2D eigenvalue weighted by Crippen LogP contribution is 2.17. The van der Waals surface area contributed by atoms with Gasteiger partial charge in [-0.2, -0.15) is 0 Å². The maximum atomic E-state index is 12.1. The first-order valence-corrected chi connectivity index (χ1v) is 7.88. The molecule has 3 aromatic rings. The lowest BCUT2D eigenvalue weighted by Crippen LogP contribution is -2.19. The van der Waals surface area contributed by atoms with Gasteiger partial charge in [-0.1, -0.05) is 19.1 Å². The average molecular weight is 341 g/mol. The first-order valence-electron chi connectivity index (χ1n) is 7.88. The Balaban J connectivity index is 1.61. The van der Waals surface area contributed by atoms with E-state index < -0.39 is 0 Å². The number of aromatic nitrogens is 5. The average Bonchev–Trinajstić information content (AvgIpc) is 3.11. The van der Waals surface area contributed by atoms with Gasteiger partial charge in [-0.25, -0.2) is 9.67 Å². The van der Waals surface area contributed by atoms with Crippen molar-refractivity contribution in [3.8, 4) is 0 Å². The Morgan fingerprint density at radius 3 is 2.84 bits per heavy atom. The Bertz CT molecular complexity index is 926. The molecule has 2 aromatic heterocycles. The van der Waals surface area contributed by atoms with E-state index in [0.29, 0.717) is 11.5 Å². The van der Waals surface area contributed by atoms with Gasteiger partial charge in [-0.05, 0) is 25.1 Å². The predicted molar refractivity (Wildman–Crippen MR) is 93.0 cm³/mol. The molecule has 0 aliphatic rings. The molecule has 0 radical (unpaired) electrons. The Morgan fingerprint density at radius 1 is 1.28 bits per heavy atom. The number of fused-ring (bicyclic) bond motifs is 1. The van der Waals surface area contributed by atoms with Crippen LogP contribution in [-0.4, -0.2) is 36.8 Å². The number of hydrogen-bond donors (Lipinski definition) is 3. The van der Waals surface area contributed by atoms with Gasteiger partial charge in [-0.3, -0.25) is 9.59 Å². The summed E-state index contributed by atoms with van der Waals surface area (Å²) in [7, 11) is 0. The summed E-state index contributed by atoms with van der Waals surface area (Å²) in [6.07, 6.45) is 1.52. The van der Waals surface area contributed by atoms with Gasteiger partial charge in [-0.15, -0.1) is 5.10 Å². The van der Waals surface area contributed by atoms with Gasteiger partial charge in [0.15, 0.2) is 5.82 Å². The standard InChI is InChI=1S/C16H19N7O2/c1-9(2)16(25)20-14-7-23(22-21-14)8-15(24)19-11-4-5-12-13(6-11)18-10(3)17-12/h4-7,9H,8H2,1-3H3,(H,17,18)(H,19,24)(H,20,25). The van der Waals surface area contributed by atoms with Gasteiger partial charge in [0.25, 0.3) is 0 Å². The van der Waals surface area contributed by atoms with Crippen LogP contribution in [0.25, 0.3) is 11.0 Å². The molecule has 2 amide bonds. The number of amides is 2. The third kappa shape index (κ3) is 4.00. The van der Waals surface area contributed by atoms with E-state index in [2.05, 4.69) is 30.9 Å². The highest BCUT2D eigenvalue weighted by Gasteiger charge is 2.11. The first-order chi connectivity index (χ1) is 11.9. The normalized spacial score (nSPS) is 11.0. The Hall–Kier alpha value is -3.23. The number of imidazole rings is 1. The van der Waals surface area contributed by atoms with Crippen molar-refractivity contribution >= 4 is 34.4 Å². The van der Waals surface area contributed by atoms with E-state index in [9.17, 15) is 9.59 Å². The van der Waals surface area contributed by atoms with Crippen molar-refractivity contribution in [3.63, 3.8) is 0 Å². The summed E-state index contributed by atoms with van der Waals surface area (Å²) in [5.74, 6) is 0.578. The number of aryl methyl sites for hydroxylation is 1. The lowest BCUT2D eigenvalue weighted by molar-refractivity contribution is -0.119. The lowest BCUT2D eigenvalue weighted by Gasteiger charge is -2.05. The van der Waals surface area contributed by atoms with Crippen LogP contribution in [0, 0.1) is 12.8 Å². The van der Waals surface area contributed by atoms with Crippen molar-refractivity contribution in [1.82, 2.24) is 25.0 Å². The number of H-pyrrole nitrogens is 1. The second-order valence-electron chi connectivity index (χ2n) is 6.05. The number of rotatable bonds is 5. The minimum Gasteiger partial charge on any atom is -0.342 e. The van der Waals surface area contributed by atoms with E-state index in [0.717, 1.165) is 16.9 Å². The molecule has 0 bridgehead atoms. The molecule has 3 N–H and O–H groups in total. The monoisotopic (exact) mass is 341 g/mol. The number of benzene rings is 1. The zero-order chi connectivity index (χ0) is 18.0. The van der Waals surface area contributed by atoms with E-state index in [4.69, 9.17) is 0 Å².